The van der Waals surface area contributed by atoms with Gasteiger partial charge in [-0.25, -0.2) is 4.98 Å². The largest absolute Gasteiger partial charge is 0.334 e. The van der Waals surface area contributed by atoms with Crippen LogP contribution in [0.15, 0.2) is 12.5 Å². The monoisotopic (exact) mass is 151 g/mol. The molecule has 0 radical (unpaired) electrons. The van der Waals surface area contributed by atoms with Gasteiger partial charge in [-0.1, -0.05) is 0 Å². The maximum Gasteiger partial charge on any atom is 0.0948 e. The van der Waals surface area contributed by atoms with Gasteiger partial charge in [-0.2, -0.15) is 0 Å². The Hall–Kier alpha value is -0.830. The number of imidazole rings is 1. The number of nitrogens with zero attached hydrogens (tertiary/aromatic N) is 2. The lowest BCUT2D eigenvalue weighted by Gasteiger charge is -2.04. The first-order valence-electron chi connectivity index (χ1n) is 4.12. The van der Waals surface area contributed by atoms with Crippen molar-refractivity contribution in [3.8, 4) is 0 Å². The van der Waals surface area contributed by atoms with Crippen LogP contribution in [0.3, 0.4) is 0 Å². The summed E-state index contributed by atoms with van der Waals surface area (Å²) in [5.41, 5.74) is 6.88. The van der Waals surface area contributed by atoms with Crippen molar-refractivity contribution in [1.82, 2.24) is 9.55 Å². The van der Waals surface area contributed by atoms with Gasteiger partial charge in [0.15, 0.2) is 0 Å². The molecule has 11 heavy (non-hydrogen) atoms. The fourth-order valence-corrected chi connectivity index (χ4v) is 1.79. The fraction of sp³-hybridized carbons (Fsp3) is 0.625. The normalized spacial score (nSPS) is 22.1. The van der Waals surface area contributed by atoms with E-state index in [0.717, 1.165) is 19.5 Å². The zero-order chi connectivity index (χ0) is 7.68. The van der Waals surface area contributed by atoms with Gasteiger partial charge in [0.25, 0.3) is 0 Å². The van der Waals surface area contributed by atoms with E-state index in [1.54, 1.807) is 0 Å². The standard InChI is InChI=1S/C8H13N3/c9-3-1-7-2-4-11-6-10-5-8(7)11/h5-7H,1-4,9H2. The Morgan fingerprint density at radius 3 is 3.45 bits per heavy atom. The van der Waals surface area contributed by atoms with Crippen molar-refractivity contribution < 1.29 is 0 Å². The van der Waals surface area contributed by atoms with Crippen LogP contribution in [0.2, 0.25) is 0 Å². The van der Waals surface area contributed by atoms with Crippen LogP contribution >= 0.6 is 0 Å². The van der Waals surface area contributed by atoms with Crippen LogP contribution < -0.4 is 5.73 Å². The molecule has 1 aromatic rings. The van der Waals surface area contributed by atoms with Crippen LogP contribution in [0.5, 0.6) is 0 Å². The predicted octanol–water partition coefficient (Wildman–Crippen LogP) is 0.719. The molecule has 2 N–H and O–H groups in total. The highest BCUT2D eigenvalue weighted by Crippen LogP contribution is 2.29. The molecule has 1 unspecified atom stereocenters. The van der Waals surface area contributed by atoms with E-state index < -0.39 is 0 Å². The summed E-state index contributed by atoms with van der Waals surface area (Å²) in [6, 6.07) is 0. The lowest BCUT2D eigenvalue weighted by atomic mass is 10.0. The molecule has 3 heteroatoms. The molecule has 0 fully saturated rings. The minimum Gasteiger partial charge on any atom is -0.334 e. The Morgan fingerprint density at radius 2 is 2.64 bits per heavy atom. The molecule has 0 aliphatic carbocycles. The third kappa shape index (κ3) is 1.05. The summed E-state index contributed by atoms with van der Waals surface area (Å²) in [5.74, 6) is 0.669. The number of aromatic nitrogens is 2. The zero-order valence-electron chi connectivity index (χ0n) is 6.53. The minimum absolute atomic E-state index is 0.669. The van der Waals surface area contributed by atoms with Gasteiger partial charge in [-0.3, -0.25) is 0 Å². The molecule has 0 saturated heterocycles. The van der Waals surface area contributed by atoms with Gasteiger partial charge >= 0.3 is 0 Å². The van der Waals surface area contributed by atoms with E-state index in [1.807, 2.05) is 12.5 Å². The summed E-state index contributed by atoms with van der Waals surface area (Å²) in [7, 11) is 0. The average molecular weight is 151 g/mol. The summed E-state index contributed by atoms with van der Waals surface area (Å²) >= 11 is 0. The fourth-order valence-electron chi connectivity index (χ4n) is 1.79. The first-order valence-corrected chi connectivity index (χ1v) is 4.12. The van der Waals surface area contributed by atoms with Gasteiger partial charge < -0.3 is 10.3 Å². The number of hydrogen-bond acceptors (Lipinski definition) is 2. The van der Waals surface area contributed by atoms with Crippen molar-refractivity contribution in [2.75, 3.05) is 6.54 Å². The molecule has 60 valence electrons. The lowest BCUT2D eigenvalue weighted by Crippen LogP contribution is -2.04. The van der Waals surface area contributed by atoms with E-state index in [0.29, 0.717) is 5.92 Å². The molecule has 0 bridgehead atoms. The molecule has 0 spiro atoms. The first kappa shape index (κ1) is 6.85. The third-order valence-corrected chi connectivity index (χ3v) is 2.40. The van der Waals surface area contributed by atoms with E-state index in [9.17, 15) is 0 Å². The smallest absolute Gasteiger partial charge is 0.0948 e. The summed E-state index contributed by atoms with van der Waals surface area (Å²) < 4.78 is 2.22. The molecular formula is C8H13N3. The zero-order valence-corrected chi connectivity index (χ0v) is 6.53. The van der Waals surface area contributed by atoms with Gasteiger partial charge in [0.2, 0.25) is 0 Å². The SMILES string of the molecule is NCCC1CCn2cncc21. The third-order valence-electron chi connectivity index (χ3n) is 2.40. The second-order valence-electron chi connectivity index (χ2n) is 3.07. The second kappa shape index (κ2) is 2.66. The molecule has 3 nitrogen and oxygen atoms in total. The summed E-state index contributed by atoms with van der Waals surface area (Å²) in [5, 5.41) is 0. The van der Waals surface area contributed by atoms with E-state index in [-0.39, 0.29) is 0 Å². The maximum absolute atomic E-state index is 5.50. The topological polar surface area (TPSA) is 43.8 Å². The van der Waals surface area contributed by atoms with Crippen LogP contribution in [0.1, 0.15) is 24.5 Å². The summed E-state index contributed by atoms with van der Waals surface area (Å²) in [4.78, 5) is 4.10. The van der Waals surface area contributed by atoms with E-state index in [1.165, 1.54) is 12.1 Å². The molecule has 1 aliphatic heterocycles. The Balaban J connectivity index is 2.18. The lowest BCUT2D eigenvalue weighted by molar-refractivity contribution is 0.617. The second-order valence-corrected chi connectivity index (χ2v) is 3.07. The van der Waals surface area contributed by atoms with Crippen molar-refractivity contribution in [1.29, 1.82) is 0 Å². The molecule has 0 aromatic carbocycles. The summed E-state index contributed by atoms with van der Waals surface area (Å²) in [6.45, 7) is 1.91. The predicted molar refractivity (Wildman–Crippen MR) is 43.3 cm³/mol. The Morgan fingerprint density at radius 1 is 1.73 bits per heavy atom. The molecule has 0 saturated carbocycles. The van der Waals surface area contributed by atoms with Crippen LogP contribution in [0.4, 0.5) is 0 Å². The van der Waals surface area contributed by atoms with Crippen LogP contribution in [-0.2, 0) is 6.54 Å². The van der Waals surface area contributed by atoms with Crippen molar-refractivity contribution in [3.63, 3.8) is 0 Å². The average Bonchev–Trinajstić information content (AvgIpc) is 2.53. The molecule has 1 aliphatic rings. The van der Waals surface area contributed by atoms with Crippen LogP contribution in [-0.4, -0.2) is 16.1 Å². The van der Waals surface area contributed by atoms with E-state index in [2.05, 4.69) is 9.55 Å². The highest BCUT2D eigenvalue weighted by molar-refractivity contribution is 5.10. The van der Waals surface area contributed by atoms with Crippen molar-refractivity contribution in [3.05, 3.63) is 18.2 Å². The maximum atomic E-state index is 5.50. The molecule has 1 atom stereocenters. The molecule has 1 aromatic heterocycles. The van der Waals surface area contributed by atoms with Crippen molar-refractivity contribution in [2.24, 2.45) is 5.73 Å². The Bertz CT molecular complexity index is 241. The Kier molecular flexibility index (Phi) is 1.66. The summed E-state index contributed by atoms with van der Waals surface area (Å²) in [6.07, 6.45) is 6.22. The number of rotatable bonds is 2. The van der Waals surface area contributed by atoms with Gasteiger partial charge in [0.1, 0.15) is 0 Å². The molecule has 2 heterocycles. The quantitative estimate of drug-likeness (QED) is 0.676. The molecule has 2 rings (SSSR count). The highest BCUT2D eigenvalue weighted by Gasteiger charge is 2.21. The van der Waals surface area contributed by atoms with Gasteiger partial charge in [-0.05, 0) is 19.4 Å². The number of nitrogens with two attached hydrogens (primary N) is 1. The van der Waals surface area contributed by atoms with Crippen molar-refractivity contribution >= 4 is 0 Å². The van der Waals surface area contributed by atoms with Gasteiger partial charge in [0, 0.05) is 24.4 Å². The Labute approximate surface area is 66.2 Å². The van der Waals surface area contributed by atoms with Crippen molar-refractivity contribution in [2.45, 2.75) is 25.3 Å². The van der Waals surface area contributed by atoms with Crippen LogP contribution in [0, 0.1) is 0 Å². The van der Waals surface area contributed by atoms with E-state index in [4.69, 9.17) is 5.73 Å². The number of aryl methyl sites for hydroxylation is 1. The highest BCUT2D eigenvalue weighted by atomic mass is 15.1. The molecule has 0 amide bonds. The molecular weight excluding hydrogens is 138 g/mol. The van der Waals surface area contributed by atoms with E-state index >= 15 is 0 Å². The first-order chi connectivity index (χ1) is 5.42. The van der Waals surface area contributed by atoms with Crippen LogP contribution in [0.25, 0.3) is 0 Å². The van der Waals surface area contributed by atoms with Gasteiger partial charge in [0.05, 0.1) is 6.33 Å². The minimum atomic E-state index is 0.669. The number of hydrogen-bond donors (Lipinski definition) is 1. The van der Waals surface area contributed by atoms with Gasteiger partial charge in [-0.15, -0.1) is 0 Å². The number of fused-ring (bicyclic) bond motifs is 1.